The Morgan fingerprint density at radius 2 is 1.01 bits per heavy atom. The maximum Gasteiger partial charge on any atom is 0.514 e. The lowest BCUT2D eigenvalue weighted by molar-refractivity contribution is -0.189. The lowest BCUT2D eigenvalue weighted by Crippen LogP contribution is -2.69. The fraction of sp³-hybridized carbons (Fsp3) is 0.506. The number of esters is 3. The van der Waals surface area contributed by atoms with Crippen LogP contribution >= 0.6 is 23.5 Å². The minimum absolute atomic E-state index is 0. The number of hydrogen-bond donors (Lipinski definition) is 6. The molecule has 2 spiro atoms. The van der Waals surface area contributed by atoms with Crippen molar-refractivity contribution in [2.75, 3.05) is 93.9 Å². The second-order valence-electron chi connectivity index (χ2n) is 32.4. The number of aryl methyl sites for hydroxylation is 2. The normalized spacial score (nSPS) is 27.7. The van der Waals surface area contributed by atoms with Crippen LogP contribution < -0.4 is 58.0 Å². The number of benzene rings is 6. The Bertz CT molecular complexity index is 5330. The van der Waals surface area contributed by atoms with Gasteiger partial charge in [0.2, 0.25) is 13.6 Å². The summed E-state index contributed by atoms with van der Waals surface area (Å²) in [5, 5.41) is 74.5. The number of phenols is 4. The second-order valence-corrected chi connectivity index (χ2v) is 34.7. The summed E-state index contributed by atoms with van der Waals surface area (Å²) in [4.78, 5) is 63.7. The van der Waals surface area contributed by atoms with E-state index in [0.717, 1.165) is 27.8 Å². The number of fused-ring (bicyclic) bond motifs is 18. The summed E-state index contributed by atoms with van der Waals surface area (Å²) in [6, 6.07) is 8.97. The topological polar surface area (TPSA) is 354 Å². The molecule has 34 heteroatoms. The van der Waals surface area contributed by atoms with Crippen LogP contribution in [0.3, 0.4) is 0 Å². The van der Waals surface area contributed by atoms with Crippen molar-refractivity contribution in [3.05, 3.63) is 125 Å². The molecule has 0 amide bonds. The number of phenolic OH excluding ortho intramolecular Hbond substituents is 4. The molecule has 0 radical (unpaired) electrons. The fourth-order valence-corrected chi connectivity index (χ4v) is 23.9. The van der Waals surface area contributed by atoms with E-state index < -0.39 is 124 Å². The van der Waals surface area contributed by atoms with Crippen molar-refractivity contribution in [1.29, 1.82) is 10.5 Å². The molecule has 20 rings (SSSR count). The number of carbonyl (C=O) groups excluding carboxylic acids is 4. The van der Waals surface area contributed by atoms with Gasteiger partial charge in [-0.05, 0) is 157 Å². The van der Waals surface area contributed by atoms with E-state index in [4.69, 9.17) is 61.6 Å². The van der Waals surface area contributed by atoms with Gasteiger partial charge in [-0.3, -0.25) is 30.2 Å². The van der Waals surface area contributed by atoms with Crippen molar-refractivity contribution in [1.82, 2.24) is 30.2 Å². The van der Waals surface area contributed by atoms with Gasteiger partial charge in [-0.2, -0.15) is 23.7 Å². The molecule has 8 bridgehead atoms. The summed E-state index contributed by atoms with van der Waals surface area (Å²) in [7, 11) is 9.66. The first-order valence-corrected chi connectivity index (χ1v) is 40.5. The number of ether oxygens (including phenoxy) is 13. The number of rotatable bonds is 6. The number of nitrogens with zero attached hydrogens (tertiary/aromatic N) is 6. The van der Waals surface area contributed by atoms with E-state index in [1.165, 1.54) is 51.8 Å². The average Bonchev–Trinajstić information content (AvgIpc) is 1.44. The number of halogens is 3. The molecule has 29 nitrogen and oxygen atoms in total. The van der Waals surface area contributed by atoms with Gasteiger partial charge in [0.1, 0.15) is 42.4 Å². The molecular formula is C85H95F3N8O21S2. The van der Waals surface area contributed by atoms with Crippen LogP contribution in [0.15, 0.2) is 36.4 Å². The van der Waals surface area contributed by atoms with Gasteiger partial charge in [0.15, 0.2) is 80.1 Å². The Hall–Kier alpha value is -10.2. The van der Waals surface area contributed by atoms with E-state index in [-0.39, 0.29) is 133 Å². The van der Waals surface area contributed by atoms with Gasteiger partial charge in [-0.1, -0.05) is 27.0 Å². The van der Waals surface area contributed by atoms with Gasteiger partial charge >= 0.3 is 30.2 Å². The predicted octanol–water partition coefficient (Wildman–Crippen LogP) is 11.2. The molecule has 634 valence electrons. The van der Waals surface area contributed by atoms with Gasteiger partial charge in [-0.25, -0.2) is 19.2 Å². The third kappa shape index (κ3) is 12.7. The number of likely N-dealkylation sites (N-methyl/N-ethyl adjacent to an activating group) is 2. The van der Waals surface area contributed by atoms with E-state index in [2.05, 4.69) is 32.6 Å². The van der Waals surface area contributed by atoms with Crippen LogP contribution in [-0.4, -0.2) is 206 Å². The van der Waals surface area contributed by atoms with Crippen molar-refractivity contribution in [2.45, 2.75) is 183 Å². The second kappa shape index (κ2) is 30.5. The predicted molar refractivity (Wildman–Crippen MR) is 425 cm³/mol. The number of piperazine rings is 2. The van der Waals surface area contributed by atoms with Crippen molar-refractivity contribution < 1.29 is 114 Å². The lowest BCUT2D eigenvalue weighted by Gasteiger charge is -2.62. The summed E-state index contributed by atoms with van der Waals surface area (Å²) in [5.74, 6) is -1.89. The third-order valence-corrected chi connectivity index (χ3v) is 28.3. The maximum atomic E-state index is 15.0. The van der Waals surface area contributed by atoms with E-state index in [1.54, 1.807) is 66.0 Å². The maximum absolute atomic E-state index is 15.0. The largest absolute Gasteiger partial charge is 0.514 e. The summed E-state index contributed by atoms with van der Waals surface area (Å²) in [5.41, 5.74) is 5.40. The average molecular weight is 1690 g/mol. The Kier molecular flexibility index (Phi) is 21.5. The molecule has 14 heterocycles. The van der Waals surface area contributed by atoms with Crippen LogP contribution in [0.1, 0.15) is 159 Å². The zero-order valence-corrected chi connectivity index (χ0v) is 67.9. The quantitative estimate of drug-likeness (QED) is 0.0390. The van der Waals surface area contributed by atoms with Crippen molar-refractivity contribution in [3.8, 4) is 92.6 Å². The SMILES string of the molecule is C.C.COc1cc2c(cc1O)CCN[C@]21CS[C@@H]2c3c(O)c(C)c4c(c3[C@H](COC1=O)N1C2[C@H]2c3c(cc(C)c(OC)c3O)C[C@@H]([C@@H]1C#N)N2C)OCO4.COc1cc2c(cc1OC(=O)OC(C)(C)C)CCN[C@]21CS[C@@H]2c3c(OC(=O)C(F)(F)F)c(C)c4c(c3[C@H](COC1=O)N1C2[C@H]2c3c(cc(C)c(OC)c3O)C[C@@H]([C@@H]1C#N)N2C)OCO4. The monoisotopic (exact) mass is 1680 g/mol. The molecule has 14 aliphatic rings. The number of nitriles is 2. The van der Waals surface area contributed by atoms with Crippen LogP contribution in [0, 0.1) is 50.4 Å². The Labute approximate surface area is 694 Å². The highest BCUT2D eigenvalue weighted by Gasteiger charge is 2.65. The molecule has 0 aliphatic carbocycles. The fourth-order valence-electron chi connectivity index (χ4n) is 20.5. The molecule has 6 N–H and O–H groups in total. The highest BCUT2D eigenvalue weighted by atomic mass is 32.2. The number of thioether (sulfide) groups is 2. The molecule has 2 unspecified atom stereocenters. The standard InChI is InChI=1S/C45H47F3N4O12S.C38H40N4O9S.2CH4/c1-19-11-22-12-24-25(15-49)52-26-16-59-40(54)44(23-14-27(57-7)28(13-21(23)9-10-50-44)62-42(56)64-43(3,4)5)17-65-39(33(52)32(51(24)6)29(22)34(53)35(19)58-8)31-30(26)38-37(60-18-61-38)20(2)36(31)63-41(55)45(46,47)48;1-16-8-19-9-21-22(12-39)42-23-13-49-37(46)38(20-11-25(47-4)24(43)10-18(20)6-7-40-38)14-52-36(28-27(23)35-34(50-15-51-35)17(2)31(28)44)30(42)29(41(21)3)26(19)32(45)33(16)48-5;;/h11,13-14,24-26,32-33,39,50,53H,9-10,12,16-18H2,1-8H3;8,10-11,21-23,29-30,36,40,43-45H,6-7,9,13-15H2,1-5H3;2*1H4/t24-,25-,26-,32+,33?,39+,44+;21-,22-,23-,29+,30?,36+,38+;;/m00../s1. The van der Waals surface area contributed by atoms with Crippen molar-refractivity contribution in [3.63, 3.8) is 0 Å². The van der Waals surface area contributed by atoms with Gasteiger partial charge in [-0.15, -0.1) is 23.5 Å². The van der Waals surface area contributed by atoms with Crippen LogP contribution in [0.25, 0.3) is 0 Å². The van der Waals surface area contributed by atoms with Gasteiger partial charge < -0.3 is 82.0 Å². The van der Waals surface area contributed by atoms with Crippen LogP contribution in [-0.2, 0) is 65.4 Å². The zero-order chi connectivity index (χ0) is 83.0. The van der Waals surface area contributed by atoms with Crippen molar-refractivity contribution in [2.24, 2.45) is 0 Å². The highest BCUT2D eigenvalue weighted by Crippen LogP contribution is 2.68. The van der Waals surface area contributed by atoms with Gasteiger partial charge in [0.05, 0.1) is 75.2 Å². The third-order valence-electron chi connectivity index (χ3n) is 25.4. The number of aromatic hydroxyl groups is 4. The molecule has 14 atom stereocenters. The number of alkyl halides is 3. The molecule has 4 fully saturated rings. The molecule has 4 saturated heterocycles. The Morgan fingerprint density at radius 1 is 0.555 bits per heavy atom. The van der Waals surface area contributed by atoms with Gasteiger partial charge in [0.25, 0.3) is 0 Å². The first kappa shape index (κ1) is 83.9. The van der Waals surface area contributed by atoms with Gasteiger partial charge in [0, 0.05) is 93.3 Å². The van der Waals surface area contributed by atoms with Crippen molar-refractivity contribution >= 4 is 47.6 Å². The molecule has 14 aliphatic heterocycles. The van der Waals surface area contributed by atoms with E-state index >= 15 is 4.79 Å². The minimum Gasteiger partial charge on any atom is -0.507 e. The molecular weight excluding hydrogens is 1590 g/mol. The molecule has 0 saturated carbocycles. The van der Waals surface area contributed by atoms with E-state index in [0.29, 0.717) is 94.0 Å². The first-order valence-electron chi connectivity index (χ1n) is 38.4. The molecule has 6 aromatic rings. The summed E-state index contributed by atoms with van der Waals surface area (Å²) < 4.78 is 119. The lowest BCUT2D eigenvalue weighted by atomic mass is 9.71. The summed E-state index contributed by atoms with van der Waals surface area (Å²) in [6.45, 7) is 11.8. The minimum atomic E-state index is -5.39. The van der Waals surface area contributed by atoms with E-state index in [9.17, 15) is 58.5 Å². The van der Waals surface area contributed by atoms with Crippen LogP contribution in [0.2, 0.25) is 0 Å². The number of carbonyl (C=O) groups is 4. The molecule has 119 heavy (non-hydrogen) atoms. The number of nitrogens with one attached hydrogen (secondary N) is 2. The smallest absolute Gasteiger partial charge is 0.507 e. The van der Waals surface area contributed by atoms with Crippen LogP contribution in [0.4, 0.5) is 18.0 Å². The zero-order valence-electron chi connectivity index (χ0n) is 66.2. The molecule has 6 aromatic carbocycles. The summed E-state index contributed by atoms with van der Waals surface area (Å²) >= 11 is 2.66. The van der Waals surface area contributed by atoms with Crippen LogP contribution in [0.5, 0.6) is 80.5 Å². The first-order chi connectivity index (χ1) is 55.8. The Morgan fingerprint density at radius 3 is 1.47 bits per heavy atom. The number of methoxy groups -OCH3 is 4. The molecule has 0 aromatic heterocycles. The number of hydrogen-bond acceptors (Lipinski definition) is 31. The van der Waals surface area contributed by atoms with E-state index in [1.807, 2.05) is 43.0 Å². The Balaban J connectivity index is 0.000000187. The summed E-state index contributed by atoms with van der Waals surface area (Å²) in [6.07, 6.45) is -4.55. The highest BCUT2D eigenvalue weighted by molar-refractivity contribution is 7.99.